The molecule has 106 valence electrons. The highest BCUT2D eigenvalue weighted by Crippen LogP contribution is 2.38. The Labute approximate surface area is 125 Å². The SMILES string of the molecule is Nc1nc(Cc2ccc(F)cc2)nc2sc3c(c12)CCC3. The molecule has 2 aromatic heterocycles. The molecule has 1 aliphatic carbocycles. The van der Waals surface area contributed by atoms with E-state index in [1.165, 1.54) is 29.0 Å². The molecule has 0 saturated heterocycles. The van der Waals surface area contributed by atoms with E-state index >= 15 is 0 Å². The van der Waals surface area contributed by atoms with E-state index in [1.54, 1.807) is 23.5 Å². The van der Waals surface area contributed by atoms with Gasteiger partial charge in [-0.3, -0.25) is 0 Å². The van der Waals surface area contributed by atoms with Gasteiger partial charge in [-0.2, -0.15) is 0 Å². The Morgan fingerprint density at radius 1 is 1.14 bits per heavy atom. The van der Waals surface area contributed by atoms with E-state index in [2.05, 4.69) is 9.97 Å². The number of halogens is 1. The minimum Gasteiger partial charge on any atom is -0.383 e. The van der Waals surface area contributed by atoms with Crippen molar-refractivity contribution in [1.29, 1.82) is 0 Å². The first kappa shape index (κ1) is 12.7. The van der Waals surface area contributed by atoms with Gasteiger partial charge in [-0.05, 0) is 42.5 Å². The summed E-state index contributed by atoms with van der Waals surface area (Å²) >= 11 is 1.74. The van der Waals surface area contributed by atoms with Crippen LogP contribution in [0.25, 0.3) is 10.2 Å². The zero-order valence-electron chi connectivity index (χ0n) is 11.4. The first-order valence-electron chi connectivity index (χ1n) is 7.02. The minimum absolute atomic E-state index is 0.232. The summed E-state index contributed by atoms with van der Waals surface area (Å²) in [5, 5.41) is 1.05. The number of hydrogen-bond donors (Lipinski definition) is 1. The molecule has 0 saturated carbocycles. The second kappa shape index (κ2) is 4.77. The van der Waals surface area contributed by atoms with E-state index in [1.807, 2.05) is 0 Å². The van der Waals surface area contributed by atoms with Crippen LogP contribution < -0.4 is 5.73 Å². The van der Waals surface area contributed by atoms with Crippen LogP contribution >= 0.6 is 11.3 Å². The van der Waals surface area contributed by atoms with Gasteiger partial charge in [0.25, 0.3) is 0 Å². The Hall–Kier alpha value is -2.01. The molecule has 2 N–H and O–H groups in total. The zero-order chi connectivity index (χ0) is 14.4. The number of nitrogens with zero attached hydrogens (tertiary/aromatic N) is 2. The second-order valence-corrected chi connectivity index (χ2v) is 6.45. The number of nitrogens with two attached hydrogens (primary N) is 1. The number of aryl methyl sites for hydroxylation is 2. The molecule has 3 nitrogen and oxygen atoms in total. The molecule has 0 spiro atoms. The molecule has 0 fully saturated rings. The monoisotopic (exact) mass is 299 g/mol. The first-order valence-corrected chi connectivity index (χ1v) is 7.83. The van der Waals surface area contributed by atoms with E-state index in [4.69, 9.17) is 5.73 Å². The maximum Gasteiger partial charge on any atom is 0.136 e. The van der Waals surface area contributed by atoms with Gasteiger partial charge >= 0.3 is 0 Å². The molecule has 0 unspecified atom stereocenters. The number of anilines is 1. The third-order valence-electron chi connectivity index (χ3n) is 3.91. The molecule has 5 heteroatoms. The van der Waals surface area contributed by atoms with Crippen molar-refractivity contribution in [3.63, 3.8) is 0 Å². The Balaban J connectivity index is 1.75. The van der Waals surface area contributed by atoms with Crippen LogP contribution in [-0.4, -0.2) is 9.97 Å². The number of hydrogen-bond acceptors (Lipinski definition) is 4. The summed E-state index contributed by atoms with van der Waals surface area (Å²) in [6.45, 7) is 0. The first-order chi connectivity index (χ1) is 10.2. The Morgan fingerprint density at radius 2 is 1.95 bits per heavy atom. The largest absolute Gasteiger partial charge is 0.383 e. The molecule has 1 aliphatic rings. The maximum atomic E-state index is 12.9. The molecule has 0 amide bonds. The quantitative estimate of drug-likeness (QED) is 0.788. The van der Waals surface area contributed by atoms with E-state index in [0.717, 1.165) is 28.6 Å². The summed E-state index contributed by atoms with van der Waals surface area (Å²) in [5.74, 6) is 1.05. The summed E-state index contributed by atoms with van der Waals surface area (Å²) in [5.41, 5.74) is 8.48. The molecule has 3 aromatic rings. The molecule has 4 rings (SSSR count). The predicted molar refractivity (Wildman–Crippen MR) is 83.1 cm³/mol. The molecule has 2 heterocycles. The third kappa shape index (κ3) is 2.17. The van der Waals surface area contributed by atoms with Gasteiger partial charge in [0.1, 0.15) is 22.3 Å². The van der Waals surface area contributed by atoms with E-state index in [9.17, 15) is 4.39 Å². The van der Waals surface area contributed by atoms with Gasteiger partial charge in [0.2, 0.25) is 0 Å². The fourth-order valence-corrected chi connectivity index (χ4v) is 4.22. The number of aromatic nitrogens is 2. The number of benzene rings is 1. The summed E-state index contributed by atoms with van der Waals surface area (Å²) < 4.78 is 12.9. The van der Waals surface area contributed by atoms with Gasteiger partial charge in [-0.15, -0.1) is 11.3 Å². The van der Waals surface area contributed by atoms with Gasteiger partial charge in [0.05, 0.1) is 5.39 Å². The van der Waals surface area contributed by atoms with Crippen LogP contribution in [0, 0.1) is 5.82 Å². The van der Waals surface area contributed by atoms with Crippen LogP contribution in [-0.2, 0) is 19.3 Å². The molecular weight excluding hydrogens is 285 g/mol. The predicted octanol–water partition coefficient (Wildman–Crippen LogP) is 3.49. The van der Waals surface area contributed by atoms with Crippen LogP contribution in [0.1, 0.15) is 28.2 Å². The number of rotatable bonds is 2. The van der Waals surface area contributed by atoms with Gasteiger partial charge in [-0.1, -0.05) is 12.1 Å². The van der Waals surface area contributed by atoms with Crippen molar-refractivity contribution in [2.75, 3.05) is 5.73 Å². The standard InChI is InChI=1S/C16H14FN3S/c17-10-6-4-9(5-7-10)8-13-19-15(18)14-11-2-1-3-12(11)21-16(14)20-13/h4-7H,1-3,8H2,(H2,18,19,20). The van der Waals surface area contributed by atoms with Crippen molar-refractivity contribution in [2.45, 2.75) is 25.7 Å². The average Bonchev–Trinajstić information content (AvgIpc) is 3.01. The van der Waals surface area contributed by atoms with Gasteiger partial charge in [0.15, 0.2) is 0 Å². The highest BCUT2D eigenvalue weighted by atomic mass is 32.1. The average molecular weight is 299 g/mol. The third-order valence-corrected chi connectivity index (χ3v) is 5.10. The Morgan fingerprint density at radius 3 is 2.76 bits per heavy atom. The number of fused-ring (bicyclic) bond motifs is 3. The lowest BCUT2D eigenvalue weighted by molar-refractivity contribution is 0.627. The van der Waals surface area contributed by atoms with Crippen molar-refractivity contribution < 1.29 is 4.39 Å². The topological polar surface area (TPSA) is 51.8 Å². The van der Waals surface area contributed by atoms with Crippen LogP contribution in [0.15, 0.2) is 24.3 Å². The van der Waals surface area contributed by atoms with E-state index in [0.29, 0.717) is 18.1 Å². The van der Waals surface area contributed by atoms with Crippen LogP contribution in [0.3, 0.4) is 0 Å². The molecule has 21 heavy (non-hydrogen) atoms. The Bertz CT molecular complexity index is 824. The fourth-order valence-electron chi connectivity index (χ4n) is 2.93. The summed E-state index contributed by atoms with van der Waals surface area (Å²) in [6.07, 6.45) is 3.99. The van der Waals surface area contributed by atoms with Crippen molar-refractivity contribution in [3.05, 3.63) is 51.9 Å². The van der Waals surface area contributed by atoms with Crippen LogP contribution in [0.5, 0.6) is 0 Å². The van der Waals surface area contributed by atoms with Gasteiger partial charge in [0, 0.05) is 11.3 Å². The van der Waals surface area contributed by atoms with Crippen molar-refractivity contribution in [2.24, 2.45) is 0 Å². The molecule has 0 aliphatic heterocycles. The zero-order valence-corrected chi connectivity index (χ0v) is 12.2. The summed E-state index contributed by atoms with van der Waals surface area (Å²) in [6, 6.07) is 6.43. The molecular formula is C16H14FN3S. The van der Waals surface area contributed by atoms with Gasteiger partial charge in [-0.25, -0.2) is 14.4 Å². The van der Waals surface area contributed by atoms with Crippen molar-refractivity contribution in [3.8, 4) is 0 Å². The van der Waals surface area contributed by atoms with Crippen molar-refractivity contribution in [1.82, 2.24) is 9.97 Å². The van der Waals surface area contributed by atoms with Gasteiger partial charge < -0.3 is 5.73 Å². The maximum absolute atomic E-state index is 12.9. The summed E-state index contributed by atoms with van der Waals surface area (Å²) in [4.78, 5) is 11.5. The molecule has 0 bridgehead atoms. The molecule has 0 atom stereocenters. The van der Waals surface area contributed by atoms with Crippen LogP contribution in [0.2, 0.25) is 0 Å². The lowest BCUT2D eigenvalue weighted by Gasteiger charge is -2.04. The number of thiophene rings is 1. The lowest BCUT2D eigenvalue weighted by atomic mass is 10.1. The van der Waals surface area contributed by atoms with E-state index in [-0.39, 0.29) is 5.82 Å². The Kier molecular flexibility index (Phi) is 2.89. The van der Waals surface area contributed by atoms with E-state index < -0.39 is 0 Å². The number of nitrogen functional groups attached to an aromatic ring is 1. The fraction of sp³-hybridized carbons (Fsp3) is 0.250. The molecule has 0 radical (unpaired) electrons. The highest BCUT2D eigenvalue weighted by Gasteiger charge is 2.21. The molecule has 1 aromatic carbocycles. The smallest absolute Gasteiger partial charge is 0.136 e. The minimum atomic E-state index is -0.232. The van der Waals surface area contributed by atoms with Crippen LogP contribution in [0.4, 0.5) is 10.2 Å². The normalized spacial score (nSPS) is 13.8. The second-order valence-electron chi connectivity index (χ2n) is 5.37. The summed E-state index contributed by atoms with van der Waals surface area (Å²) in [7, 11) is 0. The highest BCUT2D eigenvalue weighted by molar-refractivity contribution is 7.19. The van der Waals surface area contributed by atoms with Crippen molar-refractivity contribution >= 4 is 27.4 Å². The lowest BCUT2D eigenvalue weighted by Crippen LogP contribution is -2.01.